The maximum absolute atomic E-state index is 11.5. The van der Waals surface area contributed by atoms with Gasteiger partial charge >= 0.3 is 5.97 Å². The Morgan fingerprint density at radius 1 is 1.44 bits per heavy atom. The largest absolute Gasteiger partial charge is 0.466 e. The molecule has 1 aromatic carbocycles. The molecule has 2 nitrogen and oxygen atoms in total. The zero-order valence-electron chi connectivity index (χ0n) is 9.07. The number of ether oxygens (including phenoxy) is 1. The third-order valence-corrected chi connectivity index (χ3v) is 2.52. The Kier molecular flexibility index (Phi) is 4.80. The van der Waals surface area contributed by atoms with Gasteiger partial charge in [0.05, 0.1) is 17.7 Å². The first-order valence-electron chi connectivity index (χ1n) is 4.84. The summed E-state index contributed by atoms with van der Waals surface area (Å²) in [5.74, 6) is -0.422. The predicted octanol–water partition coefficient (Wildman–Crippen LogP) is 3.39. The van der Waals surface area contributed by atoms with E-state index in [1.54, 1.807) is 6.08 Å². The van der Waals surface area contributed by atoms with Gasteiger partial charge in [0.25, 0.3) is 0 Å². The van der Waals surface area contributed by atoms with Crippen LogP contribution in [0.3, 0.4) is 0 Å². The van der Waals surface area contributed by atoms with E-state index >= 15 is 0 Å². The van der Waals surface area contributed by atoms with Crippen LogP contribution in [0.1, 0.15) is 12.0 Å². The van der Waals surface area contributed by atoms with E-state index in [4.69, 9.17) is 11.6 Å². The fourth-order valence-corrected chi connectivity index (χ4v) is 1.57. The molecule has 0 saturated heterocycles. The molecular formula is C13H13ClO2. The number of hydrogen-bond donors (Lipinski definition) is 0. The predicted molar refractivity (Wildman–Crippen MR) is 66.0 cm³/mol. The molecule has 0 bridgehead atoms. The quantitative estimate of drug-likeness (QED) is 0.455. The lowest BCUT2D eigenvalue weighted by molar-refractivity contribution is -0.136. The van der Waals surface area contributed by atoms with Crippen LogP contribution in [-0.2, 0) is 9.53 Å². The monoisotopic (exact) mass is 236 g/mol. The summed E-state index contributed by atoms with van der Waals surface area (Å²) in [7, 11) is 1.33. The summed E-state index contributed by atoms with van der Waals surface area (Å²) in [6, 6.07) is 9.29. The molecule has 0 N–H and O–H groups in total. The van der Waals surface area contributed by atoms with Crippen molar-refractivity contribution in [1.82, 2.24) is 0 Å². The van der Waals surface area contributed by atoms with Crippen LogP contribution in [0.2, 0.25) is 0 Å². The molecule has 0 fully saturated rings. The third kappa shape index (κ3) is 2.97. The Morgan fingerprint density at radius 2 is 2.06 bits per heavy atom. The average molecular weight is 237 g/mol. The van der Waals surface area contributed by atoms with E-state index in [-0.39, 0.29) is 0 Å². The standard InChI is InChI=1S/C13H13ClO2/c1-3-7-11(13(15)16-2)12(14)10-8-5-4-6-9-10/h3-6,8-9H,1,7H2,2H3/b12-11-. The summed E-state index contributed by atoms with van der Waals surface area (Å²) in [4.78, 5) is 11.5. The van der Waals surface area contributed by atoms with Crippen LogP contribution in [0.15, 0.2) is 48.6 Å². The van der Waals surface area contributed by atoms with Crippen molar-refractivity contribution in [3.63, 3.8) is 0 Å². The number of benzene rings is 1. The third-order valence-electron chi connectivity index (χ3n) is 2.07. The fourth-order valence-electron chi connectivity index (χ4n) is 1.29. The van der Waals surface area contributed by atoms with Crippen molar-refractivity contribution >= 4 is 22.6 Å². The summed E-state index contributed by atoms with van der Waals surface area (Å²) in [6.07, 6.45) is 2.01. The molecule has 0 aromatic heterocycles. The topological polar surface area (TPSA) is 26.3 Å². The van der Waals surface area contributed by atoms with Gasteiger partial charge in [-0.15, -0.1) is 6.58 Å². The smallest absolute Gasteiger partial charge is 0.335 e. The number of halogens is 1. The molecule has 84 valence electrons. The molecule has 0 aliphatic heterocycles. The van der Waals surface area contributed by atoms with Crippen molar-refractivity contribution in [2.75, 3.05) is 7.11 Å². The zero-order chi connectivity index (χ0) is 12.0. The first-order valence-corrected chi connectivity index (χ1v) is 5.21. The maximum Gasteiger partial charge on any atom is 0.335 e. The second-order valence-corrected chi connectivity index (χ2v) is 3.52. The number of carbonyl (C=O) groups excluding carboxylic acids is 1. The molecule has 0 atom stereocenters. The van der Waals surface area contributed by atoms with Crippen molar-refractivity contribution in [3.8, 4) is 0 Å². The van der Waals surface area contributed by atoms with E-state index in [0.717, 1.165) is 5.56 Å². The molecule has 0 aliphatic rings. The molecule has 1 aromatic rings. The molecule has 0 heterocycles. The zero-order valence-corrected chi connectivity index (χ0v) is 9.83. The molecular weight excluding hydrogens is 224 g/mol. The van der Waals surface area contributed by atoms with Gasteiger partial charge in [0, 0.05) is 0 Å². The van der Waals surface area contributed by atoms with E-state index in [1.807, 2.05) is 30.3 Å². The lowest BCUT2D eigenvalue weighted by Crippen LogP contribution is -2.05. The Labute approximate surface area is 100 Å². The van der Waals surface area contributed by atoms with Gasteiger partial charge in [-0.1, -0.05) is 48.0 Å². The number of allylic oxidation sites excluding steroid dienone is 1. The summed E-state index contributed by atoms with van der Waals surface area (Å²) in [6.45, 7) is 3.59. The Balaban J connectivity index is 3.15. The minimum Gasteiger partial charge on any atom is -0.466 e. The summed E-state index contributed by atoms with van der Waals surface area (Å²) < 4.78 is 4.68. The summed E-state index contributed by atoms with van der Waals surface area (Å²) in [5, 5.41) is 0.410. The van der Waals surface area contributed by atoms with Gasteiger partial charge in [0.15, 0.2) is 0 Å². The van der Waals surface area contributed by atoms with Crippen molar-refractivity contribution in [2.24, 2.45) is 0 Å². The van der Waals surface area contributed by atoms with Crippen LogP contribution in [0.25, 0.3) is 5.03 Å². The molecule has 0 spiro atoms. The highest BCUT2D eigenvalue weighted by molar-refractivity contribution is 6.50. The normalized spacial score (nSPS) is 11.6. The molecule has 0 radical (unpaired) electrons. The fraction of sp³-hybridized carbons (Fsp3) is 0.154. The van der Waals surface area contributed by atoms with E-state index in [1.165, 1.54) is 7.11 Å². The van der Waals surface area contributed by atoms with Crippen LogP contribution >= 0.6 is 11.6 Å². The van der Waals surface area contributed by atoms with Crippen LogP contribution in [0, 0.1) is 0 Å². The van der Waals surface area contributed by atoms with Crippen LogP contribution in [0.4, 0.5) is 0 Å². The van der Waals surface area contributed by atoms with Gasteiger partial charge in [0.1, 0.15) is 0 Å². The Morgan fingerprint density at radius 3 is 2.56 bits per heavy atom. The van der Waals surface area contributed by atoms with Gasteiger partial charge in [-0.25, -0.2) is 4.79 Å². The molecule has 0 saturated carbocycles. The molecule has 3 heteroatoms. The number of hydrogen-bond acceptors (Lipinski definition) is 2. The maximum atomic E-state index is 11.5. The number of carbonyl (C=O) groups is 1. The first kappa shape index (κ1) is 12.5. The highest BCUT2D eigenvalue weighted by atomic mass is 35.5. The van der Waals surface area contributed by atoms with Crippen molar-refractivity contribution in [1.29, 1.82) is 0 Å². The van der Waals surface area contributed by atoms with Crippen molar-refractivity contribution < 1.29 is 9.53 Å². The minimum atomic E-state index is -0.422. The van der Waals surface area contributed by atoms with E-state index in [9.17, 15) is 4.79 Å². The summed E-state index contributed by atoms with van der Waals surface area (Å²) >= 11 is 6.16. The SMILES string of the molecule is C=CC/C(C(=O)OC)=C(/Cl)c1ccccc1. The lowest BCUT2D eigenvalue weighted by Gasteiger charge is -2.06. The Bertz CT molecular complexity index is 407. The van der Waals surface area contributed by atoms with Gasteiger partial charge < -0.3 is 4.74 Å². The molecule has 16 heavy (non-hydrogen) atoms. The van der Waals surface area contributed by atoms with Gasteiger partial charge in [-0.05, 0) is 12.0 Å². The molecule has 0 amide bonds. The van der Waals surface area contributed by atoms with E-state index in [2.05, 4.69) is 11.3 Å². The van der Waals surface area contributed by atoms with Crippen molar-refractivity contribution in [3.05, 3.63) is 54.1 Å². The van der Waals surface area contributed by atoms with E-state index in [0.29, 0.717) is 17.0 Å². The van der Waals surface area contributed by atoms with Gasteiger partial charge in [0.2, 0.25) is 0 Å². The molecule has 0 aliphatic carbocycles. The van der Waals surface area contributed by atoms with Crippen LogP contribution in [0.5, 0.6) is 0 Å². The van der Waals surface area contributed by atoms with Crippen molar-refractivity contribution in [2.45, 2.75) is 6.42 Å². The second kappa shape index (κ2) is 6.13. The van der Waals surface area contributed by atoms with Crippen LogP contribution in [-0.4, -0.2) is 13.1 Å². The Hall–Kier alpha value is -1.54. The van der Waals surface area contributed by atoms with Gasteiger partial charge in [-0.2, -0.15) is 0 Å². The number of rotatable bonds is 4. The molecule has 0 unspecified atom stereocenters. The number of methoxy groups -OCH3 is 1. The second-order valence-electron chi connectivity index (χ2n) is 3.14. The highest BCUT2D eigenvalue weighted by Crippen LogP contribution is 2.25. The average Bonchev–Trinajstić information content (AvgIpc) is 2.35. The molecule has 1 rings (SSSR count). The first-order chi connectivity index (χ1) is 7.70. The van der Waals surface area contributed by atoms with Gasteiger partial charge in [-0.3, -0.25) is 0 Å². The summed E-state index contributed by atoms with van der Waals surface area (Å²) in [5.41, 5.74) is 1.22. The lowest BCUT2D eigenvalue weighted by atomic mass is 10.1. The minimum absolute atomic E-state index is 0.389. The highest BCUT2D eigenvalue weighted by Gasteiger charge is 2.14. The number of esters is 1. The van der Waals surface area contributed by atoms with E-state index < -0.39 is 5.97 Å². The van der Waals surface area contributed by atoms with Crippen LogP contribution < -0.4 is 0 Å².